The van der Waals surface area contributed by atoms with Crippen LogP contribution >= 0.6 is 0 Å². The lowest BCUT2D eigenvalue weighted by molar-refractivity contribution is 0.695. The predicted molar refractivity (Wildman–Crippen MR) is 105 cm³/mol. The molecule has 0 spiro atoms. The lowest BCUT2D eigenvalue weighted by atomic mass is 10.1. The standard InChI is InChI=1S/C19H27N7/c1-4-22-19(24-14(2)3)23-12-8-11-17-16(13-20)18(21)26(25-17)15-9-6-5-7-10-15/h5-7,9-10,14H,4,8,11-12,21H2,1-3H3,(H2,22,23,24). The van der Waals surface area contributed by atoms with Crippen LogP contribution in [0.4, 0.5) is 5.82 Å². The third-order valence-electron chi connectivity index (χ3n) is 3.72. The summed E-state index contributed by atoms with van der Waals surface area (Å²) in [5, 5.41) is 20.5. The molecule has 0 atom stereocenters. The van der Waals surface area contributed by atoms with Crippen LogP contribution in [0.25, 0.3) is 5.69 Å². The van der Waals surface area contributed by atoms with Gasteiger partial charge in [-0.2, -0.15) is 10.4 Å². The molecule has 4 N–H and O–H groups in total. The summed E-state index contributed by atoms with van der Waals surface area (Å²) in [4.78, 5) is 4.56. The summed E-state index contributed by atoms with van der Waals surface area (Å²) < 4.78 is 1.63. The molecule has 2 rings (SSSR count). The van der Waals surface area contributed by atoms with Crippen molar-refractivity contribution in [3.63, 3.8) is 0 Å². The summed E-state index contributed by atoms with van der Waals surface area (Å²) in [5.41, 5.74) is 8.14. The van der Waals surface area contributed by atoms with Crippen LogP contribution < -0.4 is 16.4 Å². The van der Waals surface area contributed by atoms with Crippen LogP contribution in [0.5, 0.6) is 0 Å². The first-order valence-electron chi connectivity index (χ1n) is 8.94. The van der Waals surface area contributed by atoms with Gasteiger partial charge in [0.15, 0.2) is 5.96 Å². The number of aromatic nitrogens is 2. The van der Waals surface area contributed by atoms with Crippen LogP contribution in [0.15, 0.2) is 35.3 Å². The highest BCUT2D eigenvalue weighted by molar-refractivity contribution is 5.79. The molecule has 0 aliphatic carbocycles. The molecule has 1 aromatic heterocycles. The van der Waals surface area contributed by atoms with Crippen molar-refractivity contribution in [3.05, 3.63) is 41.6 Å². The molecule has 0 radical (unpaired) electrons. The van der Waals surface area contributed by atoms with Crippen molar-refractivity contribution in [1.82, 2.24) is 20.4 Å². The van der Waals surface area contributed by atoms with Gasteiger partial charge in [-0.15, -0.1) is 0 Å². The molecule has 1 heterocycles. The SMILES string of the molecule is CCNC(=NCCCc1nn(-c2ccccc2)c(N)c1C#N)NC(C)C. The highest BCUT2D eigenvalue weighted by atomic mass is 15.3. The maximum Gasteiger partial charge on any atom is 0.191 e. The van der Waals surface area contributed by atoms with E-state index in [-0.39, 0.29) is 0 Å². The Labute approximate surface area is 154 Å². The van der Waals surface area contributed by atoms with E-state index in [9.17, 15) is 5.26 Å². The Hall–Kier alpha value is -3.01. The number of hydrogen-bond acceptors (Lipinski definition) is 4. The number of guanidine groups is 1. The van der Waals surface area contributed by atoms with E-state index in [1.54, 1.807) is 4.68 Å². The molecule has 0 fully saturated rings. The molecule has 1 aromatic carbocycles. The number of nitrogens with one attached hydrogen (secondary N) is 2. The minimum absolute atomic E-state index is 0.319. The fourth-order valence-corrected chi connectivity index (χ4v) is 2.57. The van der Waals surface area contributed by atoms with E-state index in [0.717, 1.165) is 24.6 Å². The van der Waals surface area contributed by atoms with Crippen molar-refractivity contribution < 1.29 is 0 Å². The molecule has 0 aliphatic heterocycles. The van der Waals surface area contributed by atoms with Crippen molar-refractivity contribution in [2.45, 2.75) is 39.7 Å². The second kappa shape index (κ2) is 9.47. The molecule has 7 nitrogen and oxygen atoms in total. The topological polar surface area (TPSA) is 104 Å². The van der Waals surface area contributed by atoms with Gasteiger partial charge in [0.1, 0.15) is 17.5 Å². The molecule has 0 amide bonds. The van der Waals surface area contributed by atoms with Gasteiger partial charge in [0.2, 0.25) is 0 Å². The van der Waals surface area contributed by atoms with Crippen molar-refractivity contribution >= 4 is 11.8 Å². The van der Waals surface area contributed by atoms with E-state index in [0.29, 0.717) is 36.1 Å². The summed E-state index contributed by atoms with van der Waals surface area (Å²) in [6, 6.07) is 12.1. The number of anilines is 1. The van der Waals surface area contributed by atoms with Crippen molar-refractivity contribution in [3.8, 4) is 11.8 Å². The van der Waals surface area contributed by atoms with Crippen molar-refractivity contribution in [1.29, 1.82) is 5.26 Å². The smallest absolute Gasteiger partial charge is 0.191 e. The molecule has 2 aromatic rings. The number of para-hydroxylation sites is 1. The number of nitrogen functional groups attached to an aromatic ring is 1. The number of nitrogens with two attached hydrogens (primary N) is 1. The molecule has 0 unspecified atom stereocenters. The molecule has 26 heavy (non-hydrogen) atoms. The Balaban J connectivity index is 2.07. The van der Waals surface area contributed by atoms with Gasteiger partial charge < -0.3 is 16.4 Å². The largest absolute Gasteiger partial charge is 0.382 e. The summed E-state index contributed by atoms with van der Waals surface area (Å²) in [6.07, 6.45) is 1.44. The van der Waals surface area contributed by atoms with Crippen LogP contribution in [-0.4, -0.2) is 34.9 Å². The summed E-state index contributed by atoms with van der Waals surface area (Å²) in [6.45, 7) is 7.64. The maximum atomic E-state index is 9.44. The predicted octanol–water partition coefficient (Wildman–Crippen LogP) is 2.22. The average molecular weight is 353 g/mol. The van der Waals surface area contributed by atoms with Crippen LogP contribution in [0, 0.1) is 11.3 Å². The van der Waals surface area contributed by atoms with Crippen LogP contribution in [-0.2, 0) is 6.42 Å². The van der Waals surface area contributed by atoms with E-state index in [1.807, 2.05) is 37.3 Å². The zero-order valence-corrected chi connectivity index (χ0v) is 15.7. The molecule has 0 aliphatic rings. The van der Waals surface area contributed by atoms with E-state index in [2.05, 4.69) is 40.6 Å². The lowest BCUT2D eigenvalue weighted by Crippen LogP contribution is -2.41. The van der Waals surface area contributed by atoms with E-state index in [1.165, 1.54) is 0 Å². The first kappa shape index (κ1) is 19.3. The molecule has 138 valence electrons. The minimum atomic E-state index is 0.319. The third kappa shape index (κ3) is 4.99. The van der Waals surface area contributed by atoms with Crippen molar-refractivity contribution in [2.75, 3.05) is 18.8 Å². The van der Waals surface area contributed by atoms with Crippen molar-refractivity contribution in [2.24, 2.45) is 4.99 Å². The normalized spacial score (nSPS) is 11.4. The monoisotopic (exact) mass is 353 g/mol. The Morgan fingerprint density at radius 1 is 1.35 bits per heavy atom. The first-order chi connectivity index (χ1) is 12.6. The summed E-state index contributed by atoms with van der Waals surface area (Å²) in [7, 11) is 0. The van der Waals surface area contributed by atoms with Crippen LogP contribution in [0.1, 0.15) is 38.4 Å². The number of nitriles is 1. The van der Waals surface area contributed by atoms with Gasteiger partial charge in [0, 0.05) is 19.1 Å². The van der Waals surface area contributed by atoms with E-state index in [4.69, 9.17) is 5.73 Å². The van der Waals surface area contributed by atoms with Gasteiger partial charge in [0.05, 0.1) is 11.4 Å². The average Bonchev–Trinajstić information content (AvgIpc) is 2.94. The summed E-state index contributed by atoms with van der Waals surface area (Å²) >= 11 is 0. The molecular weight excluding hydrogens is 326 g/mol. The first-order valence-corrected chi connectivity index (χ1v) is 8.94. The van der Waals surface area contributed by atoms with E-state index >= 15 is 0 Å². The van der Waals surface area contributed by atoms with Gasteiger partial charge in [-0.25, -0.2) is 4.68 Å². The van der Waals surface area contributed by atoms with Crippen LogP contribution in [0.2, 0.25) is 0 Å². The van der Waals surface area contributed by atoms with Gasteiger partial charge in [0.25, 0.3) is 0 Å². The third-order valence-corrected chi connectivity index (χ3v) is 3.72. The number of rotatable bonds is 7. The van der Waals surface area contributed by atoms with Crippen LogP contribution in [0.3, 0.4) is 0 Å². The molecule has 0 bridgehead atoms. The number of aryl methyl sites for hydroxylation is 1. The number of nitrogens with zero attached hydrogens (tertiary/aromatic N) is 4. The fourth-order valence-electron chi connectivity index (χ4n) is 2.57. The molecule has 0 saturated heterocycles. The Kier molecular flexibility index (Phi) is 7.03. The Morgan fingerprint density at radius 2 is 2.08 bits per heavy atom. The lowest BCUT2D eigenvalue weighted by Gasteiger charge is -2.13. The number of benzene rings is 1. The fraction of sp³-hybridized carbons (Fsp3) is 0.421. The van der Waals surface area contributed by atoms with Gasteiger partial charge in [-0.05, 0) is 45.7 Å². The van der Waals surface area contributed by atoms with E-state index < -0.39 is 0 Å². The highest BCUT2D eigenvalue weighted by Gasteiger charge is 2.16. The zero-order valence-electron chi connectivity index (χ0n) is 15.7. The Morgan fingerprint density at radius 3 is 2.69 bits per heavy atom. The number of hydrogen-bond donors (Lipinski definition) is 3. The molecule has 7 heteroatoms. The second-order valence-electron chi connectivity index (χ2n) is 6.23. The highest BCUT2D eigenvalue weighted by Crippen LogP contribution is 2.21. The maximum absolute atomic E-state index is 9.44. The van der Waals surface area contributed by atoms with Gasteiger partial charge >= 0.3 is 0 Å². The Bertz CT molecular complexity index is 769. The minimum Gasteiger partial charge on any atom is -0.382 e. The second-order valence-corrected chi connectivity index (χ2v) is 6.23. The number of aliphatic imine (C=N–C) groups is 1. The zero-order chi connectivity index (χ0) is 18.9. The summed E-state index contributed by atoms with van der Waals surface area (Å²) in [5.74, 6) is 1.18. The van der Waals surface area contributed by atoms with Gasteiger partial charge in [-0.1, -0.05) is 18.2 Å². The van der Waals surface area contributed by atoms with Gasteiger partial charge in [-0.3, -0.25) is 4.99 Å². The quantitative estimate of drug-likeness (QED) is 0.402. The molecule has 0 saturated carbocycles. The molecular formula is C19H27N7.